The molecule has 80 valence electrons. The molecule has 1 aliphatic rings. The van der Waals surface area contributed by atoms with Crippen molar-refractivity contribution in [2.45, 2.75) is 12.5 Å². The number of aromatic nitrogens is 1. The van der Waals surface area contributed by atoms with Gasteiger partial charge in [-0.3, -0.25) is 4.79 Å². The van der Waals surface area contributed by atoms with Gasteiger partial charge in [0.2, 0.25) is 0 Å². The highest BCUT2D eigenvalue weighted by atomic mass is 16.3. The molecule has 0 bridgehead atoms. The number of rotatable bonds is 1. The van der Waals surface area contributed by atoms with Gasteiger partial charge < -0.3 is 15.7 Å². The molecule has 2 heterocycles. The zero-order chi connectivity index (χ0) is 10.8. The Hall–Kier alpha value is -1.62. The Morgan fingerprint density at radius 3 is 3.07 bits per heavy atom. The Kier molecular flexibility index (Phi) is 2.55. The second-order valence-electron chi connectivity index (χ2n) is 3.67. The van der Waals surface area contributed by atoms with Gasteiger partial charge in [0.25, 0.3) is 5.91 Å². The summed E-state index contributed by atoms with van der Waals surface area (Å²) in [6, 6.07) is 3.08. The molecule has 1 aromatic rings. The van der Waals surface area contributed by atoms with E-state index in [4.69, 9.17) is 5.73 Å². The molecule has 0 saturated carbocycles. The Labute approximate surface area is 87.5 Å². The first-order valence-electron chi connectivity index (χ1n) is 4.87. The van der Waals surface area contributed by atoms with Crippen LogP contribution in [0.3, 0.4) is 0 Å². The Balaban J connectivity index is 2.18. The minimum absolute atomic E-state index is 0.0415. The number of carbonyl (C=O) groups is 1. The van der Waals surface area contributed by atoms with Crippen molar-refractivity contribution in [2.24, 2.45) is 5.73 Å². The van der Waals surface area contributed by atoms with Crippen LogP contribution in [-0.2, 0) is 0 Å². The summed E-state index contributed by atoms with van der Waals surface area (Å²) in [5.41, 5.74) is 5.81. The molecule has 1 aromatic heterocycles. The first kappa shape index (κ1) is 9.92. The van der Waals surface area contributed by atoms with E-state index in [0.717, 1.165) is 6.42 Å². The van der Waals surface area contributed by atoms with E-state index < -0.39 is 0 Å². The standard InChI is InChI=1S/C10H13N3O2/c11-7-3-5-13(6-7)10(15)9-8(14)2-1-4-12-9/h1-2,4,7,14H,3,5-6,11H2/t7-/m1/s1. The second kappa shape index (κ2) is 3.86. The van der Waals surface area contributed by atoms with Crippen molar-refractivity contribution in [1.82, 2.24) is 9.88 Å². The molecule has 0 unspecified atom stereocenters. The van der Waals surface area contributed by atoms with Crippen molar-refractivity contribution in [3.63, 3.8) is 0 Å². The first-order chi connectivity index (χ1) is 7.18. The fourth-order valence-electron chi connectivity index (χ4n) is 1.68. The van der Waals surface area contributed by atoms with Gasteiger partial charge in [-0.2, -0.15) is 0 Å². The van der Waals surface area contributed by atoms with E-state index in [2.05, 4.69) is 4.98 Å². The largest absolute Gasteiger partial charge is 0.505 e. The first-order valence-corrected chi connectivity index (χ1v) is 4.87. The van der Waals surface area contributed by atoms with Gasteiger partial charge in [0, 0.05) is 25.3 Å². The van der Waals surface area contributed by atoms with Crippen LogP contribution < -0.4 is 5.73 Å². The maximum Gasteiger partial charge on any atom is 0.276 e. The van der Waals surface area contributed by atoms with Crippen molar-refractivity contribution in [3.05, 3.63) is 24.0 Å². The molecule has 3 N–H and O–H groups in total. The molecule has 0 aliphatic carbocycles. The number of nitrogens with two attached hydrogens (primary N) is 1. The van der Waals surface area contributed by atoms with Crippen LogP contribution in [0.1, 0.15) is 16.9 Å². The molecular formula is C10H13N3O2. The topological polar surface area (TPSA) is 79.5 Å². The SMILES string of the molecule is N[C@@H]1CCN(C(=O)c2ncccc2O)C1. The molecule has 1 atom stereocenters. The predicted octanol–water partition coefficient (Wildman–Crippen LogP) is -0.0396. The van der Waals surface area contributed by atoms with Crippen molar-refractivity contribution in [3.8, 4) is 5.75 Å². The highest BCUT2D eigenvalue weighted by Gasteiger charge is 2.26. The van der Waals surface area contributed by atoms with Crippen LogP contribution in [0.15, 0.2) is 18.3 Å². The summed E-state index contributed by atoms with van der Waals surface area (Å²) in [5.74, 6) is -0.330. The van der Waals surface area contributed by atoms with E-state index in [0.29, 0.717) is 13.1 Å². The molecule has 1 saturated heterocycles. The summed E-state index contributed by atoms with van der Waals surface area (Å²) in [7, 11) is 0. The summed E-state index contributed by atoms with van der Waals surface area (Å²) in [5, 5.41) is 9.47. The van der Waals surface area contributed by atoms with Gasteiger partial charge in [-0.15, -0.1) is 0 Å². The minimum Gasteiger partial charge on any atom is -0.505 e. The Morgan fingerprint density at radius 1 is 1.67 bits per heavy atom. The number of nitrogens with zero attached hydrogens (tertiary/aromatic N) is 2. The van der Waals surface area contributed by atoms with E-state index in [9.17, 15) is 9.90 Å². The monoisotopic (exact) mass is 207 g/mol. The maximum atomic E-state index is 11.9. The van der Waals surface area contributed by atoms with Crippen LogP contribution >= 0.6 is 0 Å². The van der Waals surface area contributed by atoms with E-state index in [1.807, 2.05) is 0 Å². The Morgan fingerprint density at radius 2 is 2.47 bits per heavy atom. The maximum absolute atomic E-state index is 11.9. The number of pyridine rings is 1. The van der Waals surface area contributed by atoms with Crippen molar-refractivity contribution in [1.29, 1.82) is 0 Å². The predicted molar refractivity (Wildman–Crippen MR) is 54.4 cm³/mol. The van der Waals surface area contributed by atoms with Gasteiger partial charge in [-0.25, -0.2) is 4.98 Å². The van der Waals surface area contributed by atoms with Crippen LogP contribution in [0.5, 0.6) is 5.75 Å². The summed E-state index contributed by atoms with van der Waals surface area (Å²) >= 11 is 0. The zero-order valence-corrected chi connectivity index (χ0v) is 8.26. The number of hydrogen-bond donors (Lipinski definition) is 2. The fraction of sp³-hybridized carbons (Fsp3) is 0.400. The lowest BCUT2D eigenvalue weighted by molar-refractivity contribution is 0.0782. The third-order valence-electron chi connectivity index (χ3n) is 2.50. The van der Waals surface area contributed by atoms with Gasteiger partial charge in [0.05, 0.1) is 0 Å². The fourth-order valence-corrected chi connectivity index (χ4v) is 1.68. The van der Waals surface area contributed by atoms with Gasteiger partial charge in [0.1, 0.15) is 5.75 Å². The summed E-state index contributed by atoms with van der Waals surface area (Å²) in [6.07, 6.45) is 2.29. The smallest absolute Gasteiger partial charge is 0.276 e. The van der Waals surface area contributed by atoms with Gasteiger partial charge in [-0.05, 0) is 18.6 Å². The van der Waals surface area contributed by atoms with Gasteiger partial charge in [-0.1, -0.05) is 0 Å². The lowest BCUT2D eigenvalue weighted by Crippen LogP contribution is -2.32. The van der Waals surface area contributed by atoms with Crippen LogP contribution in [-0.4, -0.2) is 40.0 Å². The summed E-state index contributed by atoms with van der Waals surface area (Å²) < 4.78 is 0. The number of amides is 1. The van der Waals surface area contributed by atoms with E-state index in [1.165, 1.54) is 12.3 Å². The third kappa shape index (κ3) is 1.92. The summed E-state index contributed by atoms with van der Waals surface area (Å²) in [6.45, 7) is 1.17. The quantitative estimate of drug-likeness (QED) is 0.677. The average Bonchev–Trinajstić information content (AvgIpc) is 2.65. The highest BCUT2D eigenvalue weighted by Crippen LogP contribution is 2.17. The molecule has 1 fully saturated rings. The zero-order valence-electron chi connectivity index (χ0n) is 8.26. The number of carbonyl (C=O) groups excluding carboxylic acids is 1. The molecule has 0 spiro atoms. The molecule has 0 radical (unpaired) electrons. The molecule has 15 heavy (non-hydrogen) atoms. The molecule has 1 aliphatic heterocycles. The second-order valence-corrected chi connectivity index (χ2v) is 3.67. The van der Waals surface area contributed by atoms with Gasteiger partial charge >= 0.3 is 0 Å². The average molecular weight is 207 g/mol. The lowest BCUT2D eigenvalue weighted by atomic mass is 10.3. The number of likely N-dealkylation sites (tertiary alicyclic amines) is 1. The lowest BCUT2D eigenvalue weighted by Gasteiger charge is -2.15. The highest BCUT2D eigenvalue weighted by molar-refractivity contribution is 5.94. The molecule has 1 amide bonds. The number of aromatic hydroxyl groups is 1. The van der Waals surface area contributed by atoms with Crippen LogP contribution in [0, 0.1) is 0 Å². The van der Waals surface area contributed by atoms with Gasteiger partial charge in [0.15, 0.2) is 5.69 Å². The normalized spacial score (nSPS) is 20.6. The summed E-state index contributed by atoms with van der Waals surface area (Å²) in [4.78, 5) is 17.3. The van der Waals surface area contributed by atoms with Crippen LogP contribution in [0.25, 0.3) is 0 Å². The van der Waals surface area contributed by atoms with Crippen LogP contribution in [0.4, 0.5) is 0 Å². The molecule has 5 nitrogen and oxygen atoms in total. The molecule has 2 rings (SSSR count). The van der Waals surface area contributed by atoms with Crippen LogP contribution in [0.2, 0.25) is 0 Å². The molecule has 5 heteroatoms. The Bertz CT molecular complexity index is 381. The van der Waals surface area contributed by atoms with E-state index in [1.54, 1.807) is 11.0 Å². The third-order valence-corrected chi connectivity index (χ3v) is 2.50. The van der Waals surface area contributed by atoms with E-state index >= 15 is 0 Å². The van der Waals surface area contributed by atoms with Crippen molar-refractivity contribution >= 4 is 5.91 Å². The van der Waals surface area contributed by atoms with Crippen molar-refractivity contribution in [2.75, 3.05) is 13.1 Å². The van der Waals surface area contributed by atoms with E-state index in [-0.39, 0.29) is 23.4 Å². The minimum atomic E-state index is -0.249. The molecular weight excluding hydrogens is 194 g/mol. The number of hydrogen-bond acceptors (Lipinski definition) is 4. The molecule has 0 aromatic carbocycles. The van der Waals surface area contributed by atoms with Crippen molar-refractivity contribution < 1.29 is 9.90 Å².